The molecule has 1 amide bonds. The molecule has 1 aromatic carbocycles. The van der Waals surface area contributed by atoms with Crippen molar-refractivity contribution in [2.24, 2.45) is 5.92 Å². The Balaban J connectivity index is 1.97. The molecule has 0 radical (unpaired) electrons. The molecular weight excluding hydrogens is 246 g/mol. The summed E-state index contributed by atoms with van der Waals surface area (Å²) in [7, 11) is 0. The smallest absolute Gasteiger partial charge is 0.225 e. The lowest BCUT2D eigenvalue weighted by molar-refractivity contribution is -0.139. The molecule has 0 aliphatic carbocycles. The lowest BCUT2D eigenvalue weighted by Gasteiger charge is -2.29. The van der Waals surface area contributed by atoms with Crippen LogP contribution in [0.5, 0.6) is 11.5 Å². The van der Waals surface area contributed by atoms with Crippen molar-refractivity contribution in [1.29, 1.82) is 0 Å². The van der Waals surface area contributed by atoms with Gasteiger partial charge in [-0.05, 0) is 24.1 Å². The topological polar surface area (TPSA) is 70.0 Å². The van der Waals surface area contributed by atoms with Crippen LogP contribution in [0.1, 0.15) is 12.5 Å². The van der Waals surface area contributed by atoms with Crippen LogP contribution < -0.4 is 0 Å². The van der Waals surface area contributed by atoms with Crippen LogP contribution >= 0.6 is 0 Å². The molecule has 5 nitrogen and oxygen atoms in total. The van der Waals surface area contributed by atoms with Crippen LogP contribution in [0.4, 0.5) is 0 Å². The average molecular weight is 265 g/mol. The van der Waals surface area contributed by atoms with E-state index in [9.17, 15) is 15.0 Å². The molecule has 1 aliphatic heterocycles. The van der Waals surface area contributed by atoms with E-state index < -0.39 is 0 Å². The second-order valence-corrected chi connectivity index (χ2v) is 4.87. The normalized spacial score (nSPS) is 17.2. The Morgan fingerprint density at radius 2 is 2.00 bits per heavy atom. The van der Waals surface area contributed by atoms with Gasteiger partial charge in [0.2, 0.25) is 5.91 Å². The summed E-state index contributed by atoms with van der Waals surface area (Å²) < 4.78 is 5.22. The second kappa shape index (κ2) is 5.93. The number of morpholine rings is 1. The van der Waals surface area contributed by atoms with Crippen molar-refractivity contribution in [3.63, 3.8) is 0 Å². The maximum atomic E-state index is 12.2. The van der Waals surface area contributed by atoms with Crippen molar-refractivity contribution in [2.45, 2.75) is 13.3 Å². The van der Waals surface area contributed by atoms with Gasteiger partial charge < -0.3 is 19.8 Å². The highest BCUT2D eigenvalue weighted by atomic mass is 16.5. The summed E-state index contributed by atoms with van der Waals surface area (Å²) in [5, 5.41) is 18.7. The molecule has 0 saturated carbocycles. The minimum atomic E-state index is -0.151. The monoisotopic (exact) mass is 265 g/mol. The van der Waals surface area contributed by atoms with Gasteiger partial charge in [-0.3, -0.25) is 4.79 Å². The molecule has 2 N–H and O–H groups in total. The molecule has 0 bridgehead atoms. The first kappa shape index (κ1) is 13.7. The predicted octanol–water partition coefficient (Wildman–Crippen LogP) is 1.14. The quantitative estimate of drug-likeness (QED) is 0.804. The number of amides is 1. The van der Waals surface area contributed by atoms with Crippen LogP contribution in [0.3, 0.4) is 0 Å². The van der Waals surface area contributed by atoms with E-state index in [1.807, 2.05) is 11.8 Å². The van der Waals surface area contributed by atoms with Crippen LogP contribution in [-0.2, 0) is 16.0 Å². The van der Waals surface area contributed by atoms with E-state index >= 15 is 0 Å². The molecule has 1 unspecified atom stereocenters. The van der Waals surface area contributed by atoms with Gasteiger partial charge in [-0.2, -0.15) is 0 Å². The van der Waals surface area contributed by atoms with Crippen LogP contribution in [-0.4, -0.2) is 47.3 Å². The fourth-order valence-corrected chi connectivity index (χ4v) is 2.23. The number of phenols is 2. The van der Waals surface area contributed by atoms with E-state index in [4.69, 9.17) is 4.74 Å². The van der Waals surface area contributed by atoms with E-state index in [1.165, 1.54) is 12.1 Å². The minimum absolute atomic E-state index is 0.107. The lowest BCUT2D eigenvalue weighted by Crippen LogP contribution is -2.43. The molecule has 1 atom stereocenters. The zero-order chi connectivity index (χ0) is 13.8. The fourth-order valence-electron chi connectivity index (χ4n) is 2.23. The van der Waals surface area contributed by atoms with Gasteiger partial charge in [0, 0.05) is 19.0 Å². The van der Waals surface area contributed by atoms with Crippen molar-refractivity contribution in [1.82, 2.24) is 4.90 Å². The number of benzene rings is 1. The summed E-state index contributed by atoms with van der Waals surface area (Å²) in [6, 6.07) is 4.66. The molecule has 0 aromatic heterocycles. The predicted molar refractivity (Wildman–Crippen MR) is 70.0 cm³/mol. The number of hydrogen-bond acceptors (Lipinski definition) is 4. The Bertz CT molecular complexity index is 455. The molecule has 19 heavy (non-hydrogen) atoms. The van der Waals surface area contributed by atoms with Gasteiger partial charge in [-0.15, -0.1) is 0 Å². The Labute approximate surface area is 112 Å². The number of aromatic hydroxyl groups is 2. The lowest BCUT2D eigenvalue weighted by atomic mass is 9.99. The van der Waals surface area contributed by atoms with Gasteiger partial charge in [0.15, 0.2) is 11.5 Å². The first-order valence-electron chi connectivity index (χ1n) is 6.45. The van der Waals surface area contributed by atoms with Gasteiger partial charge in [0.1, 0.15) is 0 Å². The largest absolute Gasteiger partial charge is 0.504 e. The molecule has 1 aliphatic rings. The van der Waals surface area contributed by atoms with E-state index in [-0.39, 0.29) is 23.3 Å². The van der Waals surface area contributed by atoms with Gasteiger partial charge in [0.05, 0.1) is 13.2 Å². The summed E-state index contributed by atoms with van der Waals surface area (Å²) >= 11 is 0. The molecule has 1 heterocycles. The van der Waals surface area contributed by atoms with E-state index in [1.54, 1.807) is 6.07 Å². The van der Waals surface area contributed by atoms with Crippen molar-refractivity contribution in [2.75, 3.05) is 26.3 Å². The van der Waals surface area contributed by atoms with Crippen molar-refractivity contribution >= 4 is 5.91 Å². The number of ether oxygens (including phenoxy) is 1. The minimum Gasteiger partial charge on any atom is -0.504 e. The van der Waals surface area contributed by atoms with Gasteiger partial charge in [0.25, 0.3) is 0 Å². The van der Waals surface area contributed by atoms with E-state index in [0.717, 1.165) is 5.56 Å². The second-order valence-electron chi connectivity index (χ2n) is 4.87. The van der Waals surface area contributed by atoms with Gasteiger partial charge in [-0.25, -0.2) is 0 Å². The summed E-state index contributed by atoms with van der Waals surface area (Å²) in [4.78, 5) is 14.0. The summed E-state index contributed by atoms with van der Waals surface area (Å²) in [5.41, 5.74) is 0.837. The standard InChI is InChI=1S/C14H19NO4/c1-10(14(18)15-4-6-19-7-5-15)8-11-2-3-12(16)13(17)9-11/h2-3,9-10,16-17H,4-8H2,1H3. The summed E-state index contributed by atoms with van der Waals surface area (Å²) in [6.07, 6.45) is 0.546. The zero-order valence-corrected chi connectivity index (χ0v) is 11.0. The van der Waals surface area contributed by atoms with E-state index in [0.29, 0.717) is 32.7 Å². The number of hydrogen-bond donors (Lipinski definition) is 2. The first-order valence-corrected chi connectivity index (χ1v) is 6.45. The third-order valence-corrected chi connectivity index (χ3v) is 3.33. The molecular formula is C14H19NO4. The third kappa shape index (κ3) is 3.38. The van der Waals surface area contributed by atoms with E-state index in [2.05, 4.69) is 0 Å². The van der Waals surface area contributed by atoms with Crippen LogP contribution in [0.25, 0.3) is 0 Å². The summed E-state index contributed by atoms with van der Waals surface area (Å²) in [5.74, 6) is -0.336. The van der Waals surface area contributed by atoms with Crippen LogP contribution in [0, 0.1) is 5.92 Å². The van der Waals surface area contributed by atoms with Crippen LogP contribution in [0.15, 0.2) is 18.2 Å². The molecule has 0 spiro atoms. The Hall–Kier alpha value is -1.75. The SMILES string of the molecule is CC(Cc1ccc(O)c(O)c1)C(=O)N1CCOCC1. The maximum absolute atomic E-state index is 12.2. The van der Waals surface area contributed by atoms with Gasteiger partial charge in [-0.1, -0.05) is 13.0 Å². The number of rotatable bonds is 3. The summed E-state index contributed by atoms with van der Waals surface area (Å²) in [6.45, 7) is 4.35. The molecule has 104 valence electrons. The molecule has 5 heteroatoms. The maximum Gasteiger partial charge on any atom is 0.225 e. The average Bonchev–Trinajstić information content (AvgIpc) is 2.43. The van der Waals surface area contributed by atoms with Gasteiger partial charge >= 0.3 is 0 Å². The molecule has 1 fully saturated rings. The number of carbonyl (C=O) groups excluding carboxylic acids is 1. The van der Waals surface area contributed by atoms with Crippen molar-refractivity contribution in [3.8, 4) is 11.5 Å². The van der Waals surface area contributed by atoms with Crippen molar-refractivity contribution in [3.05, 3.63) is 23.8 Å². The number of phenolic OH excluding ortho intramolecular Hbond substituents is 2. The highest BCUT2D eigenvalue weighted by molar-refractivity contribution is 5.79. The molecule has 1 saturated heterocycles. The highest BCUT2D eigenvalue weighted by Gasteiger charge is 2.22. The Morgan fingerprint density at radius 1 is 1.32 bits per heavy atom. The zero-order valence-electron chi connectivity index (χ0n) is 11.0. The number of carbonyl (C=O) groups is 1. The highest BCUT2D eigenvalue weighted by Crippen LogP contribution is 2.26. The molecule has 1 aromatic rings. The fraction of sp³-hybridized carbons (Fsp3) is 0.500. The Morgan fingerprint density at radius 3 is 2.63 bits per heavy atom. The first-order chi connectivity index (χ1) is 9.08. The third-order valence-electron chi connectivity index (χ3n) is 3.33. The molecule has 2 rings (SSSR count). The Kier molecular flexibility index (Phi) is 4.27. The number of nitrogens with zero attached hydrogens (tertiary/aromatic N) is 1. The van der Waals surface area contributed by atoms with Crippen molar-refractivity contribution < 1.29 is 19.7 Å². The van der Waals surface area contributed by atoms with Crippen LogP contribution in [0.2, 0.25) is 0 Å².